The van der Waals surface area contributed by atoms with Crippen LogP contribution in [0.4, 0.5) is 10.7 Å². The first-order chi connectivity index (χ1) is 8.50. The molecule has 2 heterocycles. The van der Waals surface area contributed by atoms with Gasteiger partial charge in [0.2, 0.25) is 5.91 Å². The average molecular weight is 259 g/mol. The van der Waals surface area contributed by atoms with Gasteiger partial charge < -0.3 is 11.1 Å². The van der Waals surface area contributed by atoms with Gasteiger partial charge >= 0.3 is 0 Å². The summed E-state index contributed by atoms with van der Waals surface area (Å²) in [6.45, 7) is 3.84. The van der Waals surface area contributed by atoms with Gasteiger partial charge in [0.1, 0.15) is 10.7 Å². The van der Waals surface area contributed by atoms with Gasteiger partial charge in [0.05, 0.1) is 10.9 Å². The van der Waals surface area contributed by atoms with E-state index in [1.165, 1.54) is 11.3 Å². The molecule has 1 aromatic carbocycles. The number of nitrogens with two attached hydrogens (primary N) is 1. The van der Waals surface area contributed by atoms with E-state index in [-0.39, 0.29) is 5.91 Å². The van der Waals surface area contributed by atoms with Crippen molar-refractivity contribution in [1.82, 2.24) is 4.98 Å². The maximum absolute atomic E-state index is 11.9. The third kappa shape index (κ3) is 1.44. The Morgan fingerprint density at radius 1 is 1.39 bits per heavy atom. The number of carbonyl (C=O) groups is 1. The largest absolute Gasteiger partial charge is 0.389 e. The number of hydrogen-bond acceptors (Lipinski definition) is 4. The van der Waals surface area contributed by atoms with Crippen molar-refractivity contribution < 1.29 is 4.79 Å². The molecule has 0 bridgehead atoms. The summed E-state index contributed by atoms with van der Waals surface area (Å²) in [4.78, 5) is 16.1. The molecule has 5 heteroatoms. The summed E-state index contributed by atoms with van der Waals surface area (Å²) in [7, 11) is 0. The molecule has 18 heavy (non-hydrogen) atoms. The summed E-state index contributed by atoms with van der Waals surface area (Å²) >= 11 is 1.42. The van der Waals surface area contributed by atoms with E-state index in [1.807, 2.05) is 32.0 Å². The second kappa shape index (κ2) is 3.55. The van der Waals surface area contributed by atoms with Crippen LogP contribution in [-0.4, -0.2) is 10.9 Å². The fraction of sp³-hybridized carbons (Fsp3) is 0.231. The molecule has 0 saturated heterocycles. The monoisotopic (exact) mass is 259 g/mol. The van der Waals surface area contributed by atoms with Gasteiger partial charge in [-0.3, -0.25) is 4.79 Å². The molecule has 0 fully saturated rings. The molecule has 92 valence electrons. The Balaban J connectivity index is 2.16. The minimum atomic E-state index is -0.504. The van der Waals surface area contributed by atoms with Gasteiger partial charge in [-0.25, -0.2) is 4.98 Å². The van der Waals surface area contributed by atoms with Crippen molar-refractivity contribution in [2.24, 2.45) is 0 Å². The minimum Gasteiger partial charge on any atom is -0.389 e. The number of nitrogens with zero attached hydrogens (tertiary/aromatic N) is 1. The predicted octanol–water partition coefficient (Wildman–Crippen LogP) is 2.62. The molecule has 1 aromatic heterocycles. The predicted molar refractivity (Wildman–Crippen MR) is 73.6 cm³/mol. The SMILES string of the molecule is CC1(C)C(=O)Nc2ccc(-c3ncsc3N)cc21. The Kier molecular flexibility index (Phi) is 2.22. The smallest absolute Gasteiger partial charge is 0.234 e. The number of rotatable bonds is 1. The summed E-state index contributed by atoms with van der Waals surface area (Å²) in [5, 5.41) is 3.59. The van der Waals surface area contributed by atoms with Crippen molar-refractivity contribution >= 4 is 27.9 Å². The zero-order valence-electron chi connectivity index (χ0n) is 10.2. The van der Waals surface area contributed by atoms with Crippen LogP contribution in [0.5, 0.6) is 0 Å². The van der Waals surface area contributed by atoms with Gasteiger partial charge in [0, 0.05) is 11.3 Å². The molecule has 0 aliphatic carbocycles. The fourth-order valence-electron chi connectivity index (χ4n) is 2.19. The first-order valence-electron chi connectivity index (χ1n) is 5.65. The van der Waals surface area contributed by atoms with Gasteiger partial charge in [-0.15, -0.1) is 11.3 Å². The number of nitrogen functional groups attached to an aromatic ring is 1. The van der Waals surface area contributed by atoms with Gasteiger partial charge in [-0.1, -0.05) is 6.07 Å². The summed E-state index contributed by atoms with van der Waals surface area (Å²) in [5.41, 5.74) is 10.7. The molecule has 1 amide bonds. The number of nitrogens with one attached hydrogen (secondary N) is 1. The van der Waals surface area contributed by atoms with Crippen LogP contribution in [0.3, 0.4) is 0 Å². The van der Waals surface area contributed by atoms with Crippen LogP contribution in [0.25, 0.3) is 11.3 Å². The molecule has 1 aliphatic rings. The van der Waals surface area contributed by atoms with Gasteiger partial charge in [0.15, 0.2) is 0 Å². The highest BCUT2D eigenvalue weighted by Gasteiger charge is 2.38. The summed E-state index contributed by atoms with van der Waals surface area (Å²) < 4.78 is 0. The van der Waals surface area contributed by atoms with Crippen LogP contribution in [0.15, 0.2) is 23.7 Å². The molecule has 3 rings (SSSR count). The maximum Gasteiger partial charge on any atom is 0.234 e. The molecular formula is C13H13N3OS. The molecule has 0 spiro atoms. The van der Waals surface area contributed by atoms with E-state index in [4.69, 9.17) is 5.73 Å². The molecule has 1 aliphatic heterocycles. The third-order valence-corrected chi connectivity index (χ3v) is 4.04. The first kappa shape index (κ1) is 11.2. The van der Waals surface area contributed by atoms with Crippen molar-refractivity contribution in [1.29, 1.82) is 0 Å². The van der Waals surface area contributed by atoms with Gasteiger partial charge in [-0.2, -0.15) is 0 Å². The highest BCUT2D eigenvalue weighted by Crippen LogP contribution is 2.40. The Morgan fingerprint density at radius 3 is 2.83 bits per heavy atom. The third-order valence-electron chi connectivity index (χ3n) is 3.38. The lowest BCUT2D eigenvalue weighted by molar-refractivity contribution is -0.119. The van der Waals surface area contributed by atoms with Crippen molar-refractivity contribution in [3.05, 3.63) is 29.3 Å². The Bertz CT molecular complexity index is 645. The average Bonchev–Trinajstić information content (AvgIpc) is 2.83. The summed E-state index contributed by atoms with van der Waals surface area (Å²) in [6, 6.07) is 5.85. The maximum atomic E-state index is 11.9. The molecule has 3 N–H and O–H groups in total. The topological polar surface area (TPSA) is 68.0 Å². The highest BCUT2D eigenvalue weighted by molar-refractivity contribution is 7.14. The molecule has 0 radical (unpaired) electrons. The van der Waals surface area contributed by atoms with E-state index in [2.05, 4.69) is 10.3 Å². The number of hydrogen-bond donors (Lipinski definition) is 2. The van der Waals surface area contributed by atoms with E-state index in [0.29, 0.717) is 5.00 Å². The summed E-state index contributed by atoms with van der Waals surface area (Å²) in [6.07, 6.45) is 0. The number of aromatic nitrogens is 1. The number of benzene rings is 1. The highest BCUT2D eigenvalue weighted by atomic mass is 32.1. The van der Waals surface area contributed by atoms with Gasteiger partial charge in [0.25, 0.3) is 0 Å². The molecule has 0 atom stereocenters. The van der Waals surface area contributed by atoms with Crippen molar-refractivity contribution in [2.75, 3.05) is 11.1 Å². The number of fused-ring (bicyclic) bond motifs is 1. The number of anilines is 2. The first-order valence-corrected chi connectivity index (χ1v) is 6.53. The Hall–Kier alpha value is -1.88. The van der Waals surface area contributed by atoms with Gasteiger partial charge in [-0.05, 0) is 31.5 Å². The lowest BCUT2D eigenvalue weighted by Crippen LogP contribution is -2.26. The minimum absolute atomic E-state index is 0.0286. The quantitative estimate of drug-likeness (QED) is 0.827. The van der Waals surface area contributed by atoms with Crippen LogP contribution in [-0.2, 0) is 10.2 Å². The van der Waals surface area contributed by atoms with Crippen LogP contribution in [0, 0.1) is 0 Å². The lowest BCUT2D eigenvalue weighted by Gasteiger charge is -2.15. The van der Waals surface area contributed by atoms with Crippen LogP contribution in [0.1, 0.15) is 19.4 Å². The van der Waals surface area contributed by atoms with E-state index in [1.54, 1.807) is 5.51 Å². The summed E-state index contributed by atoms with van der Waals surface area (Å²) in [5.74, 6) is 0.0286. The standard InChI is InChI=1S/C13H13N3OS/c1-13(2)8-5-7(10-11(14)18-6-15-10)3-4-9(8)16-12(13)17/h3-6H,14H2,1-2H3,(H,16,17). The van der Waals surface area contributed by atoms with Crippen molar-refractivity contribution in [3.8, 4) is 11.3 Å². The van der Waals surface area contributed by atoms with Crippen LogP contribution >= 0.6 is 11.3 Å². The zero-order valence-corrected chi connectivity index (χ0v) is 11.0. The zero-order chi connectivity index (χ0) is 12.9. The number of thiazole rings is 1. The number of amides is 1. The van der Waals surface area contributed by atoms with E-state index in [0.717, 1.165) is 22.5 Å². The van der Waals surface area contributed by atoms with Crippen molar-refractivity contribution in [2.45, 2.75) is 19.3 Å². The van der Waals surface area contributed by atoms with Crippen LogP contribution < -0.4 is 11.1 Å². The molecule has 0 unspecified atom stereocenters. The molecule has 2 aromatic rings. The molecule has 4 nitrogen and oxygen atoms in total. The second-order valence-electron chi connectivity index (χ2n) is 4.90. The Morgan fingerprint density at radius 2 is 2.17 bits per heavy atom. The van der Waals surface area contributed by atoms with Crippen LogP contribution in [0.2, 0.25) is 0 Å². The number of carbonyl (C=O) groups excluding carboxylic acids is 1. The fourth-order valence-corrected chi connectivity index (χ4v) is 2.74. The molecule has 0 saturated carbocycles. The van der Waals surface area contributed by atoms with E-state index >= 15 is 0 Å². The Labute approximate surface area is 109 Å². The van der Waals surface area contributed by atoms with E-state index in [9.17, 15) is 4.79 Å². The normalized spacial score (nSPS) is 16.4. The second-order valence-corrected chi connectivity index (χ2v) is 5.79. The van der Waals surface area contributed by atoms with E-state index < -0.39 is 5.41 Å². The lowest BCUT2D eigenvalue weighted by atomic mass is 9.85. The van der Waals surface area contributed by atoms with Crippen molar-refractivity contribution in [3.63, 3.8) is 0 Å². The molecular weight excluding hydrogens is 246 g/mol.